The van der Waals surface area contributed by atoms with Gasteiger partial charge in [0, 0.05) is 35.9 Å². The van der Waals surface area contributed by atoms with E-state index in [-0.39, 0.29) is 17.5 Å². The second kappa shape index (κ2) is 8.01. The maximum absolute atomic E-state index is 13.8. The van der Waals surface area contributed by atoms with Gasteiger partial charge < -0.3 is 14.6 Å². The summed E-state index contributed by atoms with van der Waals surface area (Å²) < 4.78 is 35.1. The van der Waals surface area contributed by atoms with E-state index in [4.69, 9.17) is 4.74 Å². The molecule has 2 unspecified atom stereocenters. The van der Waals surface area contributed by atoms with E-state index in [1.165, 1.54) is 18.2 Å². The van der Waals surface area contributed by atoms with Crippen molar-refractivity contribution in [3.8, 4) is 0 Å². The summed E-state index contributed by atoms with van der Waals surface area (Å²) in [5.41, 5.74) is 2.56. The fourth-order valence-electron chi connectivity index (χ4n) is 4.27. The Balaban J connectivity index is 1.76. The number of aliphatic imine (C=N–C) groups is 1. The maximum Gasteiger partial charge on any atom is 0.274 e. The van der Waals surface area contributed by atoms with Gasteiger partial charge in [-0.15, -0.1) is 0 Å². The molecule has 0 amide bonds. The van der Waals surface area contributed by atoms with E-state index in [9.17, 15) is 13.6 Å². The van der Waals surface area contributed by atoms with Crippen LogP contribution in [0.1, 0.15) is 50.9 Å². The number of aryl methyl sites for hydroxylation is 1. The molecule has 2 aromatic rings. The van der Waals surface area contributed by atoms with E-state index in [0.717, 1.165) is 23.2 Å². The van der Waals surface area contributed by atoms with Gasteiger partial charge >= 0.3 is 0 Å². The van der Waals surface area contributed by atoms with Gasteiger partial charge in [-0.3, -0.25) is 4.79 Å². The Bertz CT molecular complexity index is 1090. The fourth-order valence-corrected chi connectivity index (χ4v) is 4.27. The highest BCUT2D eigenvalue weighted by Crippen LogP contribution is 2.36. The minimum atomic E-state index is -0.626. The van der Waals surface area contributed by atoms with Crippen LogP contribution in [0.3, 0.4) is 0 Å². The molecular formula is C22H24F2N4O2. The van der Waals surface area contributed by atoms with E-state index in [1.807, 2.05) is 25.3 Å². The van der Waals surface area contributed by atoms with Gasteiger partial charge in [-0.2, -0.15) is 4.98 Å². The number of nitrogens with one attached hydrogen (secondary N) is 1. The van der Waals surface area contributed by atoms with E-state index in [2.05, 4.69) is 15.3 Å². The van der Waals surface area contributed by atoms with Gasteiger partial charge in [-0.25, -0.2) is 13.8 Å². The van der Waals surface area contributed by atoms with Gasteiger partial charge in [0.2, 0.25) is 5.95 Å². The lowest BCUT2D eigenvalue weighted by molar-refractivity contribution is 0.309. The van der Waals surface area contributed by atoms with Crippen molar-refractivity contribution < 1.29 is 13.5 Å². The molecule has 30 heavy (non-hydrogen) atoms. The summed E-state index contributed by atoms with van der Waals surface area (Å²) >= 11 is 0. The van der Waals surface area contributed by atoms with Crippen LogP contribution in [0.25, 0.3) is 0 Å². The van der Waals surface area contributed by atoms with E-state index >= 15 is 0 Å². The van der Waals surface area contributed by atoms with Crippen molar-refractivity contribution >= 4 is 11.8 Å². The van der Waals surface area contributed by atoms with Crippen molar-refractivity contribution in [3.63, 3.8) is 0 Å². The molecule has 2 aliphatic heterocycles. The first-order valence-electron chi connectivity index (χ1n) is 10.1. The number of aromatic nitrogens is 2. The zero-order valence-corrected chi connectivity index (χ0v) is 17.2. The molecule has 4 rings (SSSR count). The smallest absolute Gasteiger partial charge is 0.274 e. The zero-order valence-electron chi connectivity index (χ0n) is 17.2. The average Bonchev–Trinajstić information content (AvgIpc) is 3.08. The van der Waals surface area contributed by atoms with Crippen molar-refractivity contribution in [3.05, 3.63) is 68.9 Å². The molecule has 1 N–H and O–H groups in total. The van der Waals surface area contributed by atoms with Crippen molar-refractivity contribution in [2.45, 2.75) is 46.1 Å². The van der Waals surface area contributed by atoms with Crippen LogP contribution in [-0.4, -0.2) is 22.1 Å². The molecule has 2 aliphatic rings. The third-order valence-electron chi connectivity index (χ3n) is 5.51. The lowest BCUT2D eigenvalue weighted by atomic mass is 9.99. The number of halogens is 2. The molecular weight excluding hydrogens is 390 g/mol. The molecule has 0 saturated carbocycles. The molecule has 3 heterocycles. The van der Waals surface area contributed by atoms with Crippen LogP contribution in [0.2, 0.25) is 0 Å². The lowest BCUT2D eigenvalue weighted by Gasteiger charge is -2.26. The summed E-state index contributed by atoms with van der Waals surface area (Å²) in [4.78, 5) is 20.9. The molecule has 0 saturated heterocycles. The molecule has 0 aliphatic carbocycles. The van der Waals surface area contributed by atoms with Crippen LogP contribution >= 0.6 is 0 Å². The van der Waals surface area contributed by atoms with Gasteiger partial charge in [-0.05, 0) is 44.4 Å². The van der Waals surface area contributed by atoms with Gasteiger partial charge in [0.05, 0.1) is 18.3 Å². The second-order valence-electron chi connectivity index (χ2n) is 7.70. The zero-order chi connectivity index (χ0) is 21.4. The highest BCUT2D eigenvalue weighted by atomic mass is 19.1. The van der Waals surface area contributed by atoms with Crippen LogP contribution in [-0.2, 0) is 11.2 Å². The summed E-state index contributed by atoms with van der Waals surface area (Å²) in [6.45, 7) is 6.39. The Labute approximate surface area is 173 Å². The molecule has 0 bridgehead atoms. The lowest BCUT2D eigenvalue weighted by Crippen LogP contribution is -2.26. The summed E-state index contributed by atoms with van der Waals surface area (Å²) in [6, 6.07) is 4.68. The normalized spacial score (nSPS) is 20.8. The monoisotopic (exact) mass is 414 g/mol. The number of anilines is 1. The Morgan fingerprint density at radius 2 is 1.97 bits per heavy atom. The molecule has 0 fully saturated rings. The third-order valence-corrected chi connectivity index (χ3v) is 5.51. The number of hydrogen-bond acceptors (Lipinski definition) is 5. The topological polar surface area (TPSA) is 68.5 Å². The summed E-state index contributed by atoms with van der Waals surface area (Å²) in [5.74, 6) is -0.118. The van der Waals surface area contributed by atoms with Crippen LogP contribution in [0.15, 0.2) is 45.4 Å². The molecule has 158 valence electrons. The molecule has 0 spiro atoms. The second-order valence-corrected chi connectivity index (χ2v) is 7.70. The largest absolute Gasteiger partial charge is 0.481 e. The predicted molar refractivity (Wildman–Crippen MR) is 110 cm³/mol. The third kappa shape index (κ3) is 3.86. The van der Waals surface area contributed by atoms with Gasteiger partial charge in [0.25, 0.3) is 5.56 Å². The number of allylic oxidation sites excluding steroid dienone is 2. The molecule has 6 nitrogen and oxygen atoms in total. The first kappa shape index (κ1) is 20.3. The van der Waals surface area contributed by atoms with Crippen LogP contribution in [0, 0.1) is 17.6 Å². The predicted octanol–water partition coefficient (Wildman–Crippen LogP) is 4.18. The Morgan fingerprint density at radius 1 is 1.23 bits per heavy atom. The first-order chi connectivity index (χ1) is 14.4. The van der Waals surface area contributed by atoms with Crippen LogP contribution < -0.4 is 10.9 Å². The molecule has 8 heteroatoms. The van der Waals surface area contributed by atoms with Crippen molar-refractivity contribution in [1.29, 1.82) is 0 Å². The average molecular weight is 414 g/mol. The molecule has 0 radical (unpaired) electrons. The highest BCUT2D eigenvalue weighted by molar-refractivity contribution is 5.79. The van der Waals surface area contributed by atoms with E-state index in [1.54, 1.807) is 0 Å². The minimum absolute atomic E-state index is 0.0869. The standard InChI is InChI=1S/C22H24F2N4O2/c1-4-30-20-7-12(2)21(13(3)25-20)27-22-26-19(29)11-17-5-6-18(28(17)22)14-8-15(23)10-16(24)9-14/h8-12,18H,4-7H2,1-3H3,(H,26,27,29). The number of hydrogen-bond donors (Lipinski definition) is 1. The van der Waals surface area contributed by atoms with E-state index < -0.39 is 11.6 Å². The summed E-state index contributed by atoms with van der Waals surface area (Å²) in [7, 11) is 0. The van der Waals surface area contributed by atoms with Crippen LogP contribution in [0.5, 0.6) is 0 Å². The summed E-state index contributed by atoms with van der Waals surface area (Å²) in [5, 5.41) is 3.29. The Kier molecular flexibility index (Phi) is 5.40. The number of fused-ring (bicyclic) bond motifs is 1. The highest BCUT2D eigenvalue weighted by Gasteiger charge is 2.29. The Hall–Kier alpha value is -3.03. The first-order valence-corrected chi connectivity index (χ1v) is 10.1. The van der Waals surface area contributed by atoms with Crippen molar-refractivity contribution in [2.24, 2.45) is 10.9 Å². The quantitative estimate of drug-likeness (QED) is 0.815. The minimum Gasteiger partial charge on any atom is -0.481 e. The number of rotatable bonds is 4. The molecule has 2 atom stereocenters. The SMILES string of the molecule is CCOC1=NC(C)=C(Nc2nc(=O)cc3n2C(c2cc(F)cc(F)c2)CC3)C(C)C1. The fraction of sp³-hybridized carbons (Fsp3) is 0.409. The van der Waals surface area contributed by atoms with Gasteiger partial charge in [0.15, 0.2) is 5.90 Å². The maximum atomic E-state index is 13.8. The summed E-state index contributed by atoms with van der Waals surface area (Å²) in [6.07, 6.45) is 1.88. The van der Waals surface area contributed by atoms with Crippen molar-refractivity contribution in [1.82, 2.24) is 9.55 Å². The molecule has 1 aromatic carbocycles. The number of ether oxygens (including phenoxy) is 1. The van der Waals surface area contributed by atoms with Gasteiger partial charge in [-0.1, -0.05) is 6.92 Å². The van der Waals surface area contributed by atoms with Crippen molar-refractivity contribution in [2.75, 3.05) is 11.9 Å². The number of nitrogens with zero attached hydrogens (tertiary/aromatic N) is 3. The molecule has 1 aromatic heterocycles. The van der Waals surface area contributed by atoms with E-state index in [0.29, 0.717) is 43.3 Å². The van der Waals surface area contributed by atoms with Gasteiger partial charge in [0.1, 0.15) is 11.6 Å². The number of benzene rings is 1. The van der Waals surface area contributed by atoms with Crippen LogP contribution in [0.4, 0.5) is 14.7 Å². The Morgan fingerprint density at radius 3 is 2.63 bits per heavy atom.